The number of rotatable bonds is 0. The van der Waals surface area contributed by atoms with E-state index in [4.69, 9.17) is 0 Å². The highest BCUT2D eigenvalue weighted by Crippen LogP contribution is 2.51. The Morgan fingerprint density at radius 2 is 1.54 bits per heavy atom. The van der Waals surface area contributed by atoms with Gasteiger partial charge < -0.3 is 0 Å². The Hall–Kier alpha value is -0.860. The van der Waals surface area contributed by atoms with Crippen molar-refractivity contribution in [3.8, 4) is 0 Å². The largest absolute Gasteiger partial charge is 0.296 e. The van der Waals surface area contributed by atoms with Gasteiger partial charge in [-0.3, -0.25) is 14.9 Å². The second-order valence-corrected chi connectivity index (χ2v) is 4.59. The standard InChI is InChI=1S/C10H13NO2/c12-9-7-5-2-1-3-6(4-5)8(7)10(13)11-9/h5-8H,1-4H2,(H,11,12,13). The molecule has 0 aromatic rings. The average Bonchev–Trinajstić information content (AvgIpc) is 2.53. The van der Waals surface area contributed by atoms with Gasteiger partial charge in [-0.05, 0) is 31.1 Å². The molecule has 2 amide bonds. The van der Waals surface area contributed by atoms with E-state index in [1.807, 2.05) is 0 Å². The van der Waals surface area contributed by atoms with Crippen LogP contribution >= 0.6 is 0 Å². The number of fused-ring (bicyclic) bond motifs is 5. The number of hydrogen-bond acceptors (Lipinski definition) is 2. The fourth-order valence-corrected chi connectivity index (χ4v) is 3.55. The number of amides is 2. The first-order valence-corrected chi connectivity index (χ1v) is 5.12. The van der Waals surface area contributed by atoms with Crippen LogP contribution in [0.1, 0.15) is 25.7 Å². The van der Waals surface area contributed by atoms with Crippen molar-refractivity contribution in [3.63, 3.8) is 0 Å². The van der Waals surface area contributed by atoms with Crippen LogP contribution in [-0.4, -0.2) is 11.8 Å². The van der Waals surface area contributed by atoms with Crippen LogP contribution in [0.15, 0.2) is 0 Å². The zero-order valence-corrected chi connectivity index (χ0v) is 7.45. The summed E-state index contributed by atoms with van der Waals surface area (Å²) in [5.41, 5.74) is 0. The number of carbonyl (C=O) groups is 2. The third-order valence-electron chi connectivity index (χ3n) is 4.01. The zero-order chi connectivity index (χ0) is 9.00. The van der Waals surface area contributed by atoms with Crippen LogP contribution in [0.5, 0.6) is 0 Å². The molecule has 70 valence electrons. The number of hydrogen-bond donors (Lipinski definition) is 1. The quantitative estimate of drug-likeness (QED) is 0.556. The van der Waals surface area contributed by atoms with Crippen LogP contribution in [-0.2, 0) is 9.59 Å². The summed E-state index contributed by atoms with van der Waals surface area (Å²) in [6, 6.07) is 0. The number of carbonyl (C=O) groups excluding carboxylic acids is 2. The van der Waals surface area contributed by atoms with Gasteiger partial charge in [-0.2, -0.15) is 0 Å². The molecule has 1 heterocycles. The highest BCUT2D eigenvalue weighted by Gasteiger charge is 2.55. The SMILES string of the molecule is O=C1NC(=O)C2C3CCCC(C3)C12. The lowest BCUT2D eigenvalue weighted by atomic mass is 9.86. The van der Waals surface area contributed by atoms with Crippen molar-refractivity contribution in [2.45, 2.75) is 25.7 Å². The van der Waals surface area contributed by atoms with E-state index >= 15 is 0 Å². The molecule has 0 spiro atoms. The highest BCUT2D eigenvalue weighted by atomic mass is 16.2. The molecule has 0 aromatic heterocycles. The van der Waals surface area contributed by atoms with Gasteiger partial charge in [0.15, 0.2) is 0 Å². The smallest absolute Gasteiger partial charge is 0.230 e. The second kappa shape index (κ2) is 2.34. The summed E-state index contributed by atoms with van der Waals surface area (Å²) in [7, 11) is 0. The molecule has 13 heavy (non-hydrogen) atoms. The van der Waals surface area contributed by atoms with Gasteiger partial charge in [0.25, 0.3) is 0 Å². The molecule has 3 nitrogen and oxygen atoms in total. The molecule has 3 rings (SSSR count). The molecule has 3 fully saturated rings. The van der Waals surface area contributed by atoms with Crippen LogP contribution in [0.2, 0.25) is 0 Å². The van der Waals surface area contributed by atoms with Crippen molar-refractivity contribution in [3.05, 3.63) is 0 Å². The fraction of sp³-hybridized carbons (Fsp3) is 0.800. The third kappa shape index (κ3) is 0.847. The molecule has 2 aliphatic carbocycles. The van der Waals surface area contributed by atoms with Gasteiger partial charge in [-0.15, -0.1) is 0 Å². The van der Waals surface area contributed by atoms with Crippen molar-refractivity contribution >= 4 is 11.8 Å². The third-order valence-corrected chi connectivity index (χ3v) is 4.01. The van der Waals surface area contributed by atoms with E-state index in [1.165, 1.54) is 6.42 Å². The van der Waals surface area contributed by atoms with Crippen molar-refractivity contribution in [2.75, 3.05) is 0 Å². The Morgan fingerprint density at radius 1 is 1.00 bits per heavy atom. The maximum absolute atomic E-state index is 11.5. The van der Waals surface area contributed by atoms with Crippen molar-refractivity contribution < 1.29 is 9.59 Å². The molecule has 2 bridgehead atoms. The Balaban J connectivity index is 2.00. The lowest BCUT2D eigenvalue weighted by Gasteiger charge is -2.20. The minimum atomic E-state index is 0.00407. The molecular formula is C10H13NO2. The van der Waals surface area contributed by atoms with Gasteiger partial charge in [0, 0.05) is 0 Å². The van der Waals surface area contributed by atoms with Crippen LogP contribution in [0, 0.1) is 23.7 Å². The van der Waals surface area contributed by atoms with E-state index in [0.717, 1.165) is 19.3 Å². The Morgan fingerprint density at radius 3 is 2.08 bits per heavy atom. The summed E-state index contributed by atoms with van der Waals surface area (Å²) in [5.74, 6) is 1.11. The molecule has 3 aliphatic rings. The van der Waals surface area contributed by atoms with E-state index < -0.39 is 0 Å². The minimum absolute atomic E-state index is 0.00407. The predicted octanol–water partition coefficient (Wildman–Crippen LogP) is 0.695. The van der Waals surface area contributed by atoms with Crippen LogP contribution < -0.4 is 5.32 Å². The summed E-state index contributed by atoms with van der Waals surface area (Å²) >= 11 is 0. The fourth-order valence-electron chi connectivity index (χ4n) is 3.55. The van der Waals surface area contributed by atoms with Gasteiger partial charge in [0.05, 0.1) is 11.8 Å². The summed E-state index contributed by atoms with van der Waals surface area (Å²) in [6.07, 6.45) is 4.63. The lowest BCUT2D eigenvalue weighted by Crippen LogP contribution is -2.27. The summed E-state index contributed by atoms with van der Waals surface area (Å²) in [4.78, 5) is 23.0. The molecule has 1 saturated heterocycles. The first-order valence-electron chi connectivity index (χ1n) is 5.12. The van der Waals surface area contributed by atoms with Crippen LogP contribution in [0.3, 0.4) is 0 Å². The molecule has 4 atom stereocenters. The topological polar surface area (TPSA) is 46.2 Å². The molecule has 3 heteroatoms. The lowest BCUT2D eigenvalue weighted by molar-refractivity contribution is -0.127. The molecular weight excluding hydrogens is 166 g/mol. The maximum atomic E-state index is 11.5. The summed E-state index contributed by atoms with van der Waals surface area (Å²) in [5, 5.41) is 2.47. The summed E-state index contributed by atoms with van der Waals surface area (Å²) < 4.78 is 0. The molecule has 1 N–H and O–H groups in total. The van der Waals surface area contributed by atoms with E-state index in [-0.39, 0.29) is 23.7 Å². The van der Waals surface area contributed by atoms with Gasteiger partial charge >= 0.3 is 0 Å². The first-order chi connectivity index (χ1) is 6.27. The Bertz CT molecular complexity index is 261. The molecule has 0 aromatic carbocycles. The normalized spacial score (nSPS) is 47.7. The van der Waals surface area contributed by atoms with Crippen molar-refractivity contribution in [1.82, 2.24) is 5.32 Å². The monoisotopic (exact) mass is 179 g/mol. The minimum Gasteiger partial charge on any atom is -0.296 e. The second-order valence-electron chi connectivity index (χ2n) is 4.59. The summed E-state index contributed by atoms with van der Waals surface area (Å²) in [6.45, 7) is 0. The van der Waals surface area contributed by atoms with Gasteiger partial charge in [-0.25, -0.2) is 0 Å². The Kier molecular flexibility index (Phi) is 1.35. The van der Waals surface area contributed by atoms with Gasteiger partial charge in [-0.1, -0.05) is 6.42 Å². The van der Waals surface area contributed by atoms with Crippen LogP contribution in [0.4, 0.5) is 0 Å². The van der Waals surface area contributed by atoms with E-state index in [1.54, 1.807) is 0 Å². The zero-order valence-electron chi connectivity index (χ0n) is 7.45. The van der Waals surface area contributed by atoms with Crippen molar-refractivity contribution in [2.24, 2.45) is 23.7 Å². The highest BCUT2D eigenvalue weighted by molar-refractivity contribution is 6.05. The number of imide groups is 1. The molecule has 1 aliphatic heterocycles. The molecule has 2 saturated carbocycles. The van der Waals surface area contributed by atoms with Gasteiger partial charge in [0.2, 0.25) is 11.8 Å². The van der Waals surface area contributed by atoms with E-state index in [9.17, 15) is 9.59 Å². The predicted molar refractivity (Wildman–Crippen MR) is 45.6 cm³/mol. The average molecular weight is 179 g/mol. The number of nitrogens with one attached hydrogen (secondary N) is 1. The maximum Gasteiger partial charge on any atom is 0.230 e. The van der Waals surface area contributed by atoms with E-state index in [2.05, 4.69) is 5.32 Å². The van der Waals surface area contributed by atoms with E-state index in [0.29, 0.717) is 11.8 Å². The van der Waals surface area contributed by atoms with Crippen molar-refractivity contribution in [1.29, 1.82) is 0 Å². The molecule has 0 radical (unpaired) electrons. The Labute approximate surface area is 76.9 Å². The first kappa shape index (κ1) is 7.54. The molecule has 4 unspecified atom stereocenters. The van der Waals surface area contributed by atoms with Crippen LogP contribution in [0.25, 0.3) is 0 Å². The van der Waals surface area contributed by atoms with Gasteiger partial charge in [0.1, 0.15) is 0 Å².